The lowest BCUT2D eigenvalue weighted by molar-refractivity contribution is -0.137. The van der Waals surface area contributed by atoms with Gasteiger partial charge in [0.05, 0.1) is 22.9 Å². The molecule has 0 atom stereocenters. The molecule has 1 N–H and O–H groups in total. The van der Waals surface area contributed by atoms with Crippen LogP contribution in [0.15, 0.2) is 35.2 Å². The third-order valence-electron chi connectivity index (χ3n) is 3.96. The number of carbonyl (C=O) groups excluding carboxylic acids is 2. The first kappa shape index (κ1) is 18.8. The Morgan fingerprint density at radius 3 is 2.88 bits per heavy atom. The number of rotatable bonds is 5. The van der Waals surface area contributed by atoms with Gasteiger partial charge in [0.1, 0.15) is 0 Å². The Hall–Kier alpha value is -2.00. The minimum atomic E-state index is -4.39. The molecule has 1 aliphatic rings. The monoisotopic (exact) mass is 400 g/mol. The van der Waals surface area contributed by atoms with Gasteiger partial charge in [-0.3, -0.25) is 9.59 Å². The van der Waals surface area contributed by atoms with Gasteiger partial charge < -0.3 is 10.2 Å². The van der Waals surface area contributed by atoms with Crippen LogP contribution in [0.1, 0.15) is 16.0 Å². The first-order valence-electron chi connectivity index (χ1n) is 7.76. The van der Waals surface area contributed by atoms with Crippen molar-refractivity contribution in [2.75, 3.05) is 17.6 Å². The van der Waals surface area contributed by atoms with E-state index in [9.17, 15) is 22.8 Å². The summed E-state index contributed by atoms with van der Waals surface area (Å²) < 4.78 is 38.2. The predicted octanol–water partition coefficient (Wildman–Crippen LogP) is 4.01. The van der Waals surface area contributed by atoms with Crippen molar-refractivity contribution in [3.63, 3.8) is 0 Å². The molecule has 1 aromatic heterocycles. The molecule has 1 aromatic carbocycles. The minimum Gasteiger partial charge on any atom is -0.336 e. The number of carbonyl (C=O) groups is 2. The maximum absolute atomic E-state index is 12.7. The van der Waals surface area contributed by atoms with Crippen LogP contribution in [0.5, 0.6) is 0 Å². The van der Waals surface area contributed by atoms with Crippen LogP contribution in [0.2, 0.25) is 0 Å². The van der Waals surface area contributed by atoms with E-state index in [0.29, 0.717) is 30.8 Å². The highest BCUT2D eigenvalue weighted by Crippen LogP contribution is 2.33. The molecule has 0 aliphatic carbocycles. The Labute approximate surface area is 156 Å². The fraction of sp³-hybridized carbons (Fsp3) is 0.294. The Balaban J connectivity index is 1.60. The highest BCUT2D eigenvalue weighted by Gasteiger charge is 2.30. The molecule has 26 heavy (non-hydrogen) atoms. The third-order valence-corrected chi connectivity index (χ3v) is 6.03. The number of alkyl halides is 3. The maximum atomic E-state index is 12.7. The summed E-state index contributed by atoms with van der Waals surface area (Å²) in [5, 5.41) is 3.36. The van der Waals surface area contributed by atoms with Gasteiger partial charge in [0.2, 0.25) is 12.3 Å². The van der Waals surface area contributed by atoms with E-state index in [4.69, 9.17) is 0 Å². The summed E-state index contributed by atoms with van der Waals surface area (Å²) in [6.07, 6.45) is -3.07. The van der Waals surface area contributed by atoms with Crippen molar-refractivity contribution in [3.05, 3.63) is 46.3 Å². The number of halogens is 3. The Morgan fingerprint density at radius 1 is 1.35 bits per heavy atom. The molecule has 0 unspecified atom stereocenters. The van der Waals surface area contributed by atoms with Gasteiger partial charge in [-0.2, -0.15) is 13.2 Å². The van der Waals surface area contributed by atoms with E-state index in [1.54, 1.807) is 11.0 Å². The number of nitrogens with zero attached hydrogens (tertiary/aromatic N) is 1. The van der Waals surface area contributed by atoms with Gasteiger partial charge >= 0.3 is 6.18 Å². The summed E-state index contributed by atoms with van der Waals surface area (Å²) >= 11 is 2.53. The first-order chi connectivity index (χ1) is 12.4. The third kappa shape index (κ3) is 4.39. The average Bonchev–Trinajstić information content (AvgIpc) is 3.01. The minimum absolute atomic E-state index is 0.0848. The molecule has 0 bridgehead atoms. The number of thioether (sulfide) groups is 1. The average molecular weight is 400 g/mol. The summed E-state index contributed by atoms with van der Waals surface area (Å²) in [6, 6.07) is 6.89. The second-order valence-electron chi connectivity index (χ2n) is 5.70. The number of thiophene rings is 1. The lowest BCUT2D eigenvalue weighted by Gasteiger charge is -2.26. The molecule has 138 valence electrons. The van der Waals surface area contributed by atoms with Crippen molar-refractivity contribution in [2.45, 2.75) is 24.0 Å². The molecule has 3 rings (SSSR count). The van der Waals surface area contributed by atoms with Crippen molar-refractivity contribution in [1.29, 1.82) is 0 Å². The lowest BCUT2D eigenvalue weighted by atomic mass is 10.1. The van der Waals surface area contributed by atoms with E-state index in [1.165, 1.54) is 17.4 Å². The zero-order valence-electron chi connectivity index (χ0n) is 13.5. The van der Waals surface area contributed by atoms with Gasteiger partial charge in [-0.25, -0.2) is 0 Å². The topological polar surface area (TPSA) is 49.4 Å². The molecule has 0 spiro atoms. The molecule has 0 fully saturated rings. The smallest absolute Gasteiger partial charge is 0.336 e. The van der Waals surface area contributed by atoms with Crippen molar-refractivity contribution < 1.29 is 22.8 Å². The Morgan fingerprint density at radius 2 is 2.15 bits per heavy atom. The highest BCUT2D eigenvalue weighted by molar-refractivity contribution is 8.00. The van der Waals surface area contributed by atoms with Crippen LogP contribution >= 0.6 is 23.1 Å². The SMILES string of the molecule is O=CNc1cc2c(s1)CN(C(=O)CSc1cccc(C(F)(F)F)c1)CC2. The van der Waals surface area contributed by atoms with Crippen molar-refractivity contribution in [1.82, 2.24) is 4.90 Å². The molecule has 2 heterocycles. The lowest BCUT2D eigenvalue weighted by Crippen LogP contribution is -2.36. The zero-order valence-corrected chi connectivity index (χ0v) is 15.1. The van der Waals surface area contributed by atoms with E-state index in [2.05, 4.69) is 5.32 Å². The normalized spacial score (nSPS) is 14.0. The summed E-state index contributed by atoms with van der Waals surface area (Å²) in [7, 11) is 0. The number of hydrogen-bond acceptors (Lipinski definition) is 4. The van der Waals surface area contributed by atoms with Crippen LogP contribution in [0.25, 0.3) is 0 Å². The van der Waals surface area contributed by atoms with Gasteiger partial charge in [0.15, 0.2) is 0 Å². The molecule has 0 saturated carbocycles. The molecule has 0 saturated heterocycles. The molecule has 0 radical (unpaired) electrons. The van der Waals surface area contributed by atoms with Crippen molar-refractivity contribution >= 4 is 40.4 Å². The number of nitrogens with one attached hydrogen (secondary N) is 1. The Kier molecular flexibility index (Phi) is 5.57. The van der Waals surface area contributed by atoms with Crippen LogP contribution in [0, 0.1) is 0 Å². The molecule has 2 aromatic rings. The second kappa shape index (κ2) is 7.71. The summed E-state index contributed by atoms with van der Waals surface area (Å²) in [4.78, 5) is 26.1. The molecule has 4 nitrogen and oxygen atoms in total. The molecule has 1 aliphatic heterocycles. The van der Waals surface area contributed by atoms with Crippen LogP contribution < -0.4 is 5.32 Å². The van der Waals surface area contributed by atoms with E-state index < -0.39 is 11.7 Å². The summed E-state index contributed by atoms with van der Waals surface area (Å²) in [5.74, 6) is -0.0297. The number of hydrogen-bond donors (Lipinski definition) is 1. The van der Waals surface area contributed by atoms with Gasteiger partial charge in [0.25, 0.3) is 0 Å². The van der Waals surface area contributed by atoms with E-state index in [1.807, 2.05) is 6.07 Å². The van der Waals surface area contributed by atoms with Crippen molar-refractivity contribution in [3.8, 4) is 0 Å². The number of benzene rings is 1. The standard InChI is InChI=1S/C17H15F3N2O2S2/c18-17(19,20)12-2-1-3-13(7-12)25-9-16(24)22-5-4-11-6-15(21-10-23)26-14(11)8-22/h1-3,6-7,10H,4-5,8-9H2,(H,21,23). The number of fused-ring (bicyclic) bond motifs is 1. The first-order valence-corrected chi connectivity index (χ1v) is 9.56. The summed E-state index contributed by atoms with van der Waals surface area (Å²) in [5.41, 5.74) is 0.403. The van der Waals surface area contributed by atoms with Crippen LogP contribution in [-0.2, 0) is 28.7 Å². The largest absolute Gasteiger partial charge is 0.416 e. The molecule has 2 amide bonds. The second-order valence-corrected chi connectivity index (χ2v) is 7.89. The van der Waals surface area contributed by atoms with E-state index >= 15 is 0 Å². The molecule has 9 heteroatoms. The van der Waals surface area contributed by atoms with Crippen LogP contribution in [0.3, 0.4) is 0 Å². The van der Waals surface area contributed by atoms with E-state index in [0.717, 1.165) is 39.3 Å². The quantitative estimate of drug-likeness (QED) is 0.609. The fourth-order valence-electron chi connectivity index (χ4n) is 2.66. The van der Waals surface area contributed by atoms with Gasteiger partial charge in [0, 0.05) is 16.3 Å². The van der Waals surface area contributed by atoms with Gasteiger partial charge in [-0.05, 0) is 36.2 Å². The zero-order chi connectivity index (χ0) is 18.7. The number of anilines is 1. The van der Waals surface area contributed by atoms with Gasteiger partial charge in [-0.1, -0.05) is 6.07 Å². The van der Waals surface area contributed by atoms with E-state index in [-0.39, 0.29) is 11.7 Å². The highest BCUT2D eigenvalue weighted by atomic mass is 32.2. The van der Waals surface area contributed by atoms with Crippen molar-refractivity contribution in [2.24, 2.45) is 0 Å². The van der Waals surface area contributed by atoms with Gasteiger partial charge in [-0.15, -0.1) is 23.1 Å². The molecular weight excluding hydrogens is 385 g/mol. The van der Waals surface area contributed by atoms with Crippen LogP contribution in [0.4, 0.5) is 18.2 Å². The summed E-state index contributed by atoms with van der Waals surface area (Å²) in [6.45, 7) is 1.02. The molecular formula is C17H15F3N2O2S2. The fourth-order valence-corrected chi connectivity index (χ4v) is 4.60. The van der Waals surface area contributed by atoms with Crippen LogP contribution in [-0.4, -0.2) is 29.5 Å². The maximum Gasteiger partial charge on any atom is 0.416 e. The Bertz CT molecular complexity index is 821. The number of amides is 2. The predicted molar refractivity (Wildman–Crippen MR) is 95.3 cm³/mol.